The number of rotatable bonds is 2. The van der Waals surface area contributed by atoms with Crippen molar-refractivity contribution in [3.05, 3.63) is 42.7 Å². The van der Waals surface area contributed by atoms with E-state index in [1.54, 1.807) is 17.5 Å². The fourth-order valence-electron chi connectivity index (χ4n) is 3.38. The highest BCUT2D eigenvalue weighted by atomic mass is 32.1. The molecule has 0 aliphatic carbocycles. The van der Waals surface area contributed by atoms with Gasteiger partial charge in [-0.2, -0.15) is 5.10 Å². The van der Waals surface area contributed by atoms with E-state index in [4.69, 9.17) is 14.5 Å². The number of nitrogens with zero attached hydrogens (tertiary/aromatic N) is 4. The second-order valence-electron chi connectivity index (χ2n) is 6.25. The molecule has 0 spiro atoms. The fraction of sp³-hybridized carbons (Fsp3) is 0.412. The van der Waals surface area contributed by atoms with Gasteiger partial charge in [0.2, 0.25) is 0 Å². The predicted molar refractivity (Wildman–Crippen MR) is 92.6 cm³/mol. The number of benzene rings is 1. The van der Waals surface area contributed by atoms with Crippen molar-refractivity contribution in [1.29, 1.82) is 0 Å². The second kappa shape index (κ2) is 5.84. The molecular weight excluding hydrogens is 324 g/mol. The Kier molecular flexibility index (Phi) is 3.50. The molecule has 2 atom stereocenters. The van der Waals surface area contributed by atoms with E-state index in [2.05, 4.69) is 28.2 Å². The SMILES string of the molecule is c1ccc2sc(N3C[C@@H]4OCC(n5cccn5)CO[C@H]4C3)nc2c1. The first-order valence-electron chi connectivity index (χ1n) is 8.20. The lowest BCUT2D eigenvalue weighted by Crippen LogP contribution is -2.27. The molecule has 0 amide bonds. The van der Waals surface area contributed by atoms with E-state index in [0.29, 0.717) is 13.2 Å². The molecule has 0 unspecified atom stereocenters. The molecule has 1 aromatic carbocycles. The van der Waals surface area contributed by atoms with Crippen molar-refractivity contribution in [2.75, 3.05) is 31.2 Å². The Bertz CT molecular complexity index is 785. The lowest BCUT2D eigenvalue weighted by Gasteiger charge is -2.18. The number of fused-ring (bicyclic) bond motifs is 2. The van der Waals surface area contributed by atoms with Crippen molar-refractivity contribution >= 4 is 26.7 Å². The molecule has 0 N–H and O–H groups in total. The van der Waals surface area contributed by atoms with Crippen LogP contribution in [0.3, 0.4) is 0 Å². The number of hydrogen-bond acceptors (Lipinski definition) is 6. The average molecular weight is 342 g/mol. The Hall–Kier alpha value is -1.96. The van der Waals surface area contributed by atoms with Crippen molar-refractivity contribution in [2.24, 2.45) is 0 Å². The first-order valence-corrected chi connectivity index (χ1v) is 9.01. The third kappa shape index (κ3) is 2.49. The van der Waals surface area contributed by atoms with Gasteiger partial charge in [0.15, 0.2) is 5.13 Å². The summed E-state index contributed by atoms with van der Waals surface area (Å²) in [5.74, 6) is 0. The summed E-state index contributed by atoms with van der Waals surface area (Å²) in [6, 6.07) is 10.3. The van der Waals surface area contributed by atoms with Gasteiger partial charge in [0.05, 0.1) is 29.5 Å². The minimum absolute atomic E-state index is 0.0950. The number of ether oxygens (including phenoxy) is 2. The summed E-state index contributed by atoms with van der Waals surface area (Å²) in [6.07, 6.45) is 3.95. The van der Waals surface area contributed by atoms with Crippen LogP contribution in [0.1, 0.15) is 6.04 Å². The molecule has 0 bridgehead atoms. The van der Waals surface area contributed by atoms with Crippen LogP contribution in [0, 0.1) is 0 Å². The van der Waals surface area contributed by atoms with Crippen molar-refractivity contribution in [2.45, 2.75) is 18.2 Å². The van der Waals surface area contributed by atoms with Crippen molar-refractivity contribution in [1.82, 2.24) is 14.8 Å². The van der Waals surface area contributed by atoms with Gasteiger partial charge >= 0.3 is 0 Å². The summed E-state index contributed by atoms with van der Waals surface area (Å²) >= 11 is 1.73. The Morgan fingerprint density at radius 2 is 1.83 bits per heavy atom. The van der Waals surface area contributed by atoms with Crippen LogP contribution in [0.5, 0.6) is 0 Å². The Balaban J connectivity index is 1.31. The van der Waals surface area contributed by atoms with E-state index in [0.717, 1.165) is 23.7 Å². The Morgan fingerprint density at radius 3 is 2.54 bits per heavy atom. The minimum atomic E-state index is 0.0950. The van der Waals surface area contributed by atoms with Gasteiger partial charge in [0.25, 0.3) is 0 Å². The number of anilines is 1. The van der Waals surface area contributed by atoms with E-state index in [1.165, 1.54) is 4.70 Å². The lowest BCUT2D eigenvalue weighted by molar-refractivity contribution is -0.00461. The molecule has 7 heteroatoms. The molecule has 24 heavy (non-hydrogen) atoms. The first-order chi connectivity index (χ1) is 11.9. The normalized spacial score (nSPS) is 25.1. The number of para-hydroxylation sites is 1. The molecule has 4 heterocycles. The molecule has 3 aromatic rings. The summed E-state index contributed by atoms with van der Waals surface area (Å²) in [6.45, 7) is 2.93. The molecule has 0 saturated carbocycles. The topological polar surface area (TPSA) is 52.4 Å². The molecule has 2 aromatic heterocycles. The fourth-order valence-corrected chi connectivity index (χ4v) is 4.37. The molecule has 124 valence electrons. The van der Waals surface area contributed by atoms with Crippen LogP contribution in [-0.4, -0.2) is 53.3 Å². The second-order valence-corrected chi connectivity index (χ2v) is 7.26. The van der Waals surface area contributed by atoms with E-state index >= 15 is 0 Å². The summed E-state index contributed by atoms with van der Waals surface area (Å²) < 4.78 is 15.4. The zero-order valence-corrected chi connectivity index (χ0v) is 13.9. The highest BCUT2D eigenvalue weighted by molar-refractivity contribution is 7.22. The first kappa shape index (κ1) is 14.4. The molecule has 0 radical (unpaired) electrons. The standard InChI is InChI=1S/C17H18N4O2S/c1-2-5-16-13(4-1)19-17(24-16)20-8-14-15(9-20)23-11-12(10-22-14)21-7-3-6-18-21/h1-7,12,14-15H,8-11H2/t14-,15-/m0/s1. The van der Waals surface area contributed by atoms with Crippen LogP contribution in [-0.2, 0) is 9.47 Å². The van der Waals surface area contributed by atoms with Gasteiger partial charge in [0.1, 0.15) is 12.2 Å². The molecule has 2 fully saturated rings. The van der Waals surface area contributed by atoms with Crippen molar-refractivity contribution in [3.8, 4) is 0 Å². The summed E-state index contributed by atoms with van der Waals surface area (Å²) in [4.78, 5) is 7.04. The number of aromatic nitrogens is 3. The summed E-state index contributed by atoms with van der Waals surface area (Å²) in [5.41, 5.74) is 1.06. The monoisotopic (exact) mass is 342 g/mol. The van der Waals surface area contributed by atoms with Gasteiger partial charge in [-0.1, -0.05) is 23.5 Å². The van der Waals surface area contributed by atoms with Crippen LogP contribution in [0.4, 0.5) is 5.13 Å². The number of hydrogen-bond donors (Lipinski definition) is 0. The Morgan fingerprint density at radius 1 is 1.04 bits per heavy atom. The zero-order valence-electron chi connectivity index (χ0n) is 13.1. The molecule has 2 saturated heterocycles. The van der Waals surface area contributed by atoms with Gasteiger partial charge in [-0.25, -0.2) is 4.98 Å². The largest absolute Gasteiger partial charge is 0.371 e. The predicted octanol–water partition coefficient (Wildman–Crippen LogP) is 2.34. The van der Waals surface area contributed by atoms with Crippen LogP contribution in [0.15, 0.2) is 42.7 Å². The smallest absolute Gasteiger partial charge is 0.186 e. The quantitative estimate of drug-likeness (QED) is 0.715. The van der Waals surface area contributed by atoms with E-state index in [9.17, 15) is 0 Å². The summed E-state index contributed by atoms with van der Waals surface area (Å²) in [7, 11) is 0. The highest BCUT2D eigenvalue weighted by Crippen LogP contribution is 2.33. The zero-order chi connectivity index (χ0) is 15.9. The average Bonchev–Trinajstić information content (AvgIpc) is 3.32. The van der Waals surface area contributed by atoms with Gasteiger partial charge in [0, 0.05) is 25.5 Å². The van der Waals surface area contributed by atoms with Crippen molar-refractivity contribution in [3.63, 3.8) is 0 Å². The van der Waals surface area contributed by atoms with Gasteiger partial charge in [-0.15, -0.1) is 0 Å². The minimum Gasteiger partial charge on any atom is -0.371 e. The van der Waals surface area contributed by atoms with E-state index < -0.39 is 0 Å². The van der Waals surface area contributed by atoms with E-state index in [1.807, 2.05) is 23.0 Å². The van der Waals surface area contributed by atoms with Gasteiger partial charge in [-0.3, -0.25) is 4.68 Å². The number of thiazole rings is 1. The van der Waals surface area contributed by atoms with Crippen LogP contribution in [0.25, 0.3) is 10.2 Å². The Labute approximate surface area is 143 Å². The van der Waals surface area contributed by atoms with Crippen LogP contribution < -0.4 is 4.90 Å². The molecule has 2 aliphatic heterocycles. The maximum Gasteiger partial charge on any atom is 0.186 e. The third-order valence-corrected chi connectivity index (χ3v) is 5.77. The van der Waals surface area contributed by atoms with E-state index in [-0.39, 0.29) is 18.2 Å². The van der Waals surface area contributed by atoms with Crippen molar-refractivity contribution < 1.29 is 9.47 Å². The van der Waals surface area contributed by atoms with Gasteiger partial charge < -0.3 is 14.4 Å². The highest BCUT2D eigenvalue weighted by Gasteiger charge is 2.38. The summed E-state index contributed by atoms with van der Waals surface area (Å²) in [5, 5.41) is 5.36. The van der Waals surface area contributed by atoms with Crippen LogP contribution in [0.2, 0.25) is 0 Å². The lowest BCUT2D eigenvalue weighted by atomic mass is 10.3. The maximum atomic E-state index is 6.14. The molecule has 6 nitrogen and oxygen atoms in total. The van der Waals surface area contributed by atoms with Gasteiger partial charge in [-0.05, 0) is 18.2 Å². The third-order valence-electron chi connectivity index (χ3n) is 4.67. The molecule has 5 rings (SSSR count). The van der Waals surface area contributed by atoms with Crippen LogP contribution >= 0.6 is 11.3 Å². The molecular formula is C17H18N4O2S. The molecule has 2 aliphatic rings. The maximum absolute atomic E-state index is 6.14.